The van der Waals surface area contributed by atoms with Crippen LogP contribution in [0, 0.1) is 0 Å². The predicted molar refractivity (Wildman–Crippen MR) is 94.0 cm³/mol. The number of carboxylic acid groups (broad SMARTS) is 1. The molecule has 2 aliphatic heterocycles. The molecule has 0 saturated carbocycles. The summed E-state index contributed by atoms with van der Waals surface area (Å²) in [5.41, 5.74) is 0.777. The number of carbonyl (C=O) groups is 2. The molecule has 2 saturated heterocycles. The number of hydrogen-bond acceptors (Lipinski definition) is 3. The first-order chi connectivity index (χ1) is 12.1. The zero-order valence-corrected chi connectivity index (χ0v) is 14.0. The summed E-state index contributed by atoms with van der Waals surface area (Å²) in [7, 11) is 0. The van der Waals surface area contributed by atoms with E-state index in [1.165, 1.54) is 0 Å². The monoisotopic (exact) mass is 339 g/mol. The molecule has 0 atom stereocenters. The van der Waals surface area contributed by atoms with E-state index in [4.69, 9.17) is 4.74 Å². The van der Waals surface area contributed by atoms with Crippen molar-refractivity contribution < 1.29 is 19.4 Å². The zero-order chi connectivity index (χ0) is 17.4. The largest absolute Gasteiger partial charge is 0.478 e. The second-order valence-electron chi connectivity index (χ2n) is 6.94. The molecule has 1 spiro atoms. The molecule has 2 heterocycles. The van der Waals surface area contributed by atoms with Crippen LogP contribution in [0.15, 0.2) is 36.4 Å². The van der Waals surface area contributed by atoms with Crippen molar-refractivity contribution in [3.8, 4) is 0 Å². The fraction of sp³-hybridized carbons (Fsp3) is 0.400. The molecule has 130 valence electrons. The summed E-state index contributed by atoms with van der Waals surface area (Å²) in [6, 6.07) is 10.4. The number of rotatable bonds is 2. The molecule has 1 N–H and O–H groups in total. The van der Waals surface area contributed by atoms with Crippen molar-refractivity contribution >= 4 is 22.6 Å². The number of carbonyl (C=O) groups excluding carboxylic acids is 1. The lowest BCUT2D eigenvalue weighted by atomic mass is 9.88. The van der Waals surface area contributed by atoms with Crippen LogP contribution in [0.3, 0.4) is 0 Å². The minimum absolute atomic E-state index is 0.0218. The van der Waals surface area contributed by atoms with Gasteiger partial charge in [-0.3, -0.25) is 4.79 Å². The number of hydrogen-bond donors (Lipinski definition) is 1. The maximum absolute atomic E-state index is 13.0. The van der Waals surface area contributed by atoms with E-state index in [-0.39, 0.29) is 17.1 Å². The molecule has 0 aliphatic carbocycles. The molecule has 2 aliphatic rings. The quantitative estimate of drug-likeness (QED) is 0.911. The normalized spacial score (nSPS) is 19.4. The van der Waals surface area contributed by atoms with Gasteiger partial charge in [0.15, 0.2) is 0 Å². The molecule has 2 aromatic rings. The van der Waals surface area contributed by atoms with E-state index in [0.29, 0.717) is 29.4 Å². The number of nitrogens with zero attached hydrogens (tertiary/aromatic N) is 1. The fourth-order valence-electron chi connectivity index (χ4n) is 4.12. The number of likely N-dealkylation sites (tertiary alicyclic amines) is 1. The highest BCUT2D eigenvalue weighted by atomic mass is 16.5. The Morgan fingerprint density at radius 2 is 1.60 bits per heavy atom. The molecular weight excluding hydrogens is 318 g/mol. The van der Waals surface area contributed by atoms with Crippen molar-refractivity contribution in [2.45, 2.75) is 31.3 Å². The van der Waals surface area contributed by atoms with Crippen molar-refractivity contribution in [1.82, 2.24) is 4.90 Å². The average molecular weight is 339 g/mol. The third-order valence-corrected chi connectivity index (χ3v) is 5.53. The van der Waals surface area contributed by atoms with Crippen LogP contribution in [-0.2, 0) is 4.74 Å². The molecule has 5 heteroatoms. The molecule has 2 aromatic carbocycles. The van der Waals surface area contributed by atoms with Crippen LogP contribution in [0.2, 0.25) is 0 Å². The first kappa shape index (κ1) is 16.1. The molecule has 25 heavy (non-hydrogen) atoms. The van der Waals surface area contributed by atoms with Crippen molar-refractivity contribution in [1.29, 1.82) is 0 Å². The number of piperidine rings is 1. The highest BCUT2D eigenvalue weighted by Crippen LogP contribution is 2.36. The smallest absolute Gasteiger partial charge is 0.336 e. The molecule has 0 unspecified atom stereocenters. The Hall–Kier alpha value is -2.40. The number of carboxylic acids is 1. The lowest BCUT2D eigenvalue weighted by Gasteiger charge is -2.38. The van der Waals surface area contributed by atoms with Gasteiger partial charge in [0, 0.05) is 25.3 Å². The van der Waals surface area contributed by atoms with Crippen LogP contribution in [0.1, 0.15) is 46.4 Å². The third kappa shape index (κ3) is 2.78. The molecule has 0 bridgehead atoms. The van der Waals surface area contributed by atoms with Gasteiger partial charge < -0.3 is 14.7 Å². The highest BCUT2D eigenvalue weighted by molar-refractivity contribution is 6.12. The SMILES string of the molecule is O=C(O)c1cccc2c(C(=O)N3CCC4(CCCO4)CC3)cccc12. The average Bonchev–Trinajstić information content (AvgIpc) is 3.08. The summed E-state index contributed by atoms with van der Waals surface area (Å²) in [5.74, 6) is -1.01. The lowest BCUT2D eigenvalue weighted by molar-refractivity contribution is -0.0387. The Labute approximate surface area is 146 Å². The lowest BCUT2D eigenvalue weighted by Crippen LogP contribution is -2.46. The fourth-order valence-corrected chi connectivity index (χ4v) is 4.12. The molecular formula is C20H21NO4. The zero-order valence-electron chi connectivity index (χ0n) is 14.0. The summed E-state index contributed by atoms with van der Waals surface area (Å²) in [4.78, 5) is 26.3. The standard InChI is InChI=1S/C20H21NO4/c22-18(21-11-9-20(10-12-21)8-3-13-25-20)16-6-1-5-15-14(16)4-2-7-17(15)19(23)24/h1-2,4-7H,3,8-13H2,(H,23,24). The Morgan fingerprint density at radius 1 is 0.960 bits per heavy atom. The van der Waals surface area contributed by atoms with Gasteiger partial charge in [0.25, 0.3) is 5.91 Å². The van der Waals surface area contributed by atoms with E-state index < -0.39 is 5.97 Å². The summed E-state index contributed by atoms with van der Waals surface area (Å²) < 4.78 is 5.92. The molecule has 1 amide bonds. The van der Waals surface area contributed by atoms with Gasteiger partial charge in [0.05, 0.1) is 11.2 Å². The second-order valence-corrected chi connectivity index (χ2v) is 6.94. The second kappa shape index (κ2) is 6.15. The van der Waals surface area contributed by atoms with E-state index in [1.807, 2.05) is 11.0 Å². The first-order valence-electron chi connectivity index (χ1n) is 8.78. The van der Waals surface area contributed by atoms with Crippen LogP contribution < -0.4 is 0 Å². The van der Waals surface area contributed by atoms with Gasteiger partial charge in [0.1, 0.15) is 0 Å². The van der Waals surface area contributed by atoms with Gasteiger partial charge in [-0.05, 0) is 48.6 Å². The van der Waals surface area contributed by atoms with E-state index in [1.54, 1.807) is 30.3 Å². The minimum Gasteiger partial charge on any atom is -0.478 e. The Balaban J connectivity index is 1.63. The van der Waals surface area contributed by atoms with Crippen LogP contribution in [-0.4, -0.2) is 47.2 Å². The third-order valence-electron chi connectivity index (χ3n) is 5.53. The Morgan fingerprint density at radius 3 is 2.20 bits per heavy atom. The van der Waals surface area contributed by atoms with E-state index in [0.717, 1.165) is 32.3 Å². The first-order valence-corrected chi connectivity index (χ1v) is 8.78. The van der Waals surface area contributed by atoms with E-state index >= 15 is 0 Å². The molecule has 4 rings (SSSR count). The molecule has 0 aromatic heterocycles. The minimum atomic E-state index is -0.978. The summed E-state index contributed by atoms with van der Waals surface area (Å²) in [5, 5.41) is 10.7. The maximum atomic E-state index is 13.0. The van der Waals surface area contributed by atoms with Gasteiger partial charge in [-0.1, -0.05) is 24.3 Å². The number of ether oxygens (including phenoxy) is 1. The number of aromatic carboxylic acids is 1. The van der Waals surface area contributed by atoms with Crippen molar-refractivity contribution in [3.05, 3.63) is 47.5 Å². The molecule has 2 fully saturated rings. The number of benzene rings is 2. The Bertz CT molecular complexity index is 829. The van der Waals surface area contributed by atoms with Gasteiger partial charge in [-0.2, -0.15) is 0 Å². The number of fused-ring (bicyclic) bond motifs is 1. The van der Waals surface area contributed by atoms with Crippen LogP contribution in [0.25, 0.3) is 10.8 Å². The van der Waals surface area contributed by atoms with Gasteiger partial charge in [-0.15, -0.1) is 0 Å². The van der Waals surface area contributed by atoms with Crippen molar-refractivity contribution in [2.24, 2.45) is 0 Å². The topological polar surface area (TPSA) is 66.8 Å². The van der Waals surface area contributed by atoms with Crippen LogP contribution in [0.4, 0.5) is 0 Å². The maximum Gasteiger partial charge on any atom is 0.336 e. The van der Waals surface area contributed by atoms with Crippen LogP contribution in [0.5, 0.6) is 0 Å². The van der Waals surface area contributed by atoms with E-state index in [2.05, 4.69) is 0 Å². The summed E-state index contributed by atoms with van der Waals surface area (Å²) in [6.45, 7) is 2.21. The van der Waals surface area contributed by atoms with Crippen molar-refractivity contribution in [2.75, 3.05) is 19.7 Å². The Kier molecular flexibility index (Phi) is 3.96. The van der Waals surface area contributed by atoms with Gasteiger partial charge >= 0.3 is 5.97 Å². The van der Waals surface area contributed by atoms with Gasteiger partial charge in [-0.25, -0.2) is 4.79 Å². The highest BCUT2D eigenvalue weighted by Gasteiger charge is 2.39. The van der Waals surface area contributed by atoms with E-state index in [9.17, 15) is 14.7 Å². The van der Waals surface area contributed by atoms with Crippen LogP contribution >= 0.6 is 0 Å². The molecule has 0 radical (unpaired) electrons. The predicted octanol–water partition coefficient (Wildman–Crippen LogP) is 3.32. The van der Waals surface area contributed by atoms with Crippen molar-refractivity contribution in [3.63, 3.8) is 0 Å². The summed E-state index contributed by atoms with van der Waals surface area (Å²) >= 11 is 0. The van der Waals surface area contributed by atoms with Gasteiger partial charge in [0.2, 0.25) is 0 Å². The number of amides is 1. The summed E-state index contributed by atoms with van der Waals surface area (Å²) in [6.07, 6.45) is 3.95. The molecule has 5 nitrogen and oxygen atoms in total.